The van der Waals surface area contributed by atoms with E-state index < -0.39 is 0 Å². The lowest BCUT2D eigenvalue weighted by atomic mass is 9.94. The van der Waals surface area contributed by atoms with Crippen LogP contribution in [0.25, 0.3) is 0 Å². The van der Waals surface area contributed by atoms with Crippen LogP contribution in [-0.4, -0.2) is 16.3 Å². The fourth-order valence-corrected chi connectivity index (χ4v) is 2.87. The summed E-state index contributed by atoms with van der Waals surface area (Å²) in [5, 5.41) is 4.62. The summed E-state index contributed by atoms with van der Waals surface area (Å²) in [7, 11) is 2.06. The minimum atomic E-state index is 0.560. The topological polar surface area (TPSA) is 43.8 Å². The number of hydrogen-bond acceptors (Lipinski definition) is 2. The fourth-order valence-electron chi connectivity index (χ4n) is 2.87. The van der Waals surface area contributed by atoms with Crippen LogP contribution in [0.5, 0.6) is 0 Å². The van der Waals surface area contributed by atoms with Crippen molar-refractivity contribution in [3.63, 3.8) is 0 Å². The molecule has 0 aliphatic heterocycles. The Morgan fingerprint density at radius 1 is 1.53 bits per heavy atom. The summed E-state index contributed by atoms with van der Waals surface area (Å²) in [5.74, 6) is 1.22. The van der Waals surface area contributed by atoms with Gasteiger partial charge in [0.05, 0.1) is 5.69 Å². The van der Waals surface area contributed by atoms with Crippen molar-refractivity contribution in [2.24, 2.45) is 12.8 Å². The predicted octanol–water partition coefficient (Wildman–Crippen LogP) is 1.92. The third-order valence-electron chi connectivity index (χ3n) is 3.41. The van der Waals surface area contributed by atoms with Crippen LogP contribution in [0.1, 0.15) is 55.5 Å². The van der Waals surface area contributed by atoms with Crippen LogP contribution in [-0.2, 0) is 13.5 Å². The SMILES string of the molecule is CC(C)c1c2c(nn1C)CCC2CCN. The predicted molar refractivity (Wildman–Crippen MR) is 62.0 cm³/mol. The lowest BCUT2D eigenvalue weighted by molar-refractivity contribution is 0.584. The fraction of sp³-hybridized carbons (Fsp3) is 0.750. The Labute approximate surface area is 91.7 Å². The van der Waals surface area contributed by atoms with Crippen LogP contribution in [0.2, 0.25) is 0 Å². The molecule has 0 saturated carbocycles. The lowest BCUT2D eigenvalue weighted by Gasteiger charge is -2.14. The summed E-state index contributed by atoms with van der Waals surface area (Å²) in [4.78, 5) is 0. The maximum absolute atomic E-state index is 5.67. The maximum Gasteiger partial charge on any atom is 0.0662 e. The van der Waals surface area contributed by atoms with Gasteiger partial charge in [-0.3, -0.25) is 4.68 Å². The second kappa shape index (κ2) is 3.97. The van der Waals surface area contributed by atoms with Gasteiger partial charge in [-0.25, -0.2) is 0 Å². The van der Waals surface area contributed by atoms with Gasteiger partial charge in [0.2, 0.25) is 0 Å². The largest absolute Gasteiger partial charge is 0.330 e. The van der Waals surface area contributed by atoms with Gasteiger partial charge in [0, 0.05) is 12.7 Å². The van der Waals surface area contributed by atoms with Crippen molar-refractivity contribution in [1.29, 1.82) is 0 Å². The second-order valence-electron chi connectivity index (χ2n) is 4.84. The number of fused-ring (bicyclic) bond motifs is 1. The Morgan fingerprint density at radius 3 is 2.87 bits per heavy atom. The first-order valence-electron chi connectivity index (χ1n) is 5.90. The Bertz CT molecular complexity index is 352. The summed E-state index contributed by atoms with van der Waals surface area (Å²) >= 11 is 0. The highest BCUT2D eigenvalue weighted by atomic mass is 15.3. The summed E-state index contributed by atoms with van der Waals surface area (Å²) < 4.78 is 2.07. The molecule has 1 heterocycles. The third-order valence-corrected chi connectivity index (χ3v) is 3.41. The molecular weight excluding hydrogens is 186 g/mol. The van der Waals surface area contributed by atoms with Gasteiger partial charge in [-0.05, 0) is 43.2 Å². The molecule has 0 aromatic carbocycles. The average molecular weight is 207 g/mol. The quantitative estimate of drug-likeness (QED) is 0.823. The number of hydrogen-bond donors (Lipinski definition) is 1. The average Bonchev–Trinajstić information content (AvgIpc) is 2.65. The number of rotatable bonds is 3. The van der Waals surface area contributed by atoms with Crippen LogP contribution >= 0.6 is 0 Å². The first kappa shape index (κ1) is 10.7. The van der Waals surface area contributed by atoms with Gasteiger partial charge < -0.3 is 5.73 Å². The van der Waals surface area contributed by atoms with Gasteiger partial charge in [0.25, 0.3) is 0 Å². The first-order chi connectivity index (χ1) is 7.15. The molecule has 0 radical (unpaired) electrons. The van der Waals surface area contributed by atoms with Crippen molar-refractivity contribution in [1.82, 2.24) is 9.78 Å². The van der Waals surface area contributed by atoms with Gasteiger partial charge in [-0.15, -0.1) is 0 Å². The highest BCUT2D eigenvalue weighted by Crippen LogP contribution is 2.39. The van der Waals surface area contributed by atoms with E-state index in [-0.39, 0.29) is 0 Å². The van der Waals surface area contributed by atoms with Crippen molar-refractivity contribution < 1.29 is 0 Å². The van der Waals surface area contributed by atoms with Crippen molar-refractivity contribution in [2.45, 2.75) is 44.9 Å². The molecule has 2 N–H and O–H groups in total. The van der Waals surface area contributed by atoms with E-state index in [1.54, 1.807) is 0 Å². The maximum atomic E-state index is 5.67. The monoisotopic (exact) mass is 207 g/mol. The van der Waals surface area contributed by atoms with E-state index in [0.29, 0.717) is 11.8 Å². The van der Waals surface area contributed by atoms with Crippen molar-refractivity contribution in [3.8, 4) is 0 Å². The summed E-state index contributed by atoms with van der Waals surface area (Å²) in [6.45, 7) is 5.28. The molecule has 84 valence electrons. The van der Waals surface area contributed by atoms with E-state index in [4.69, 9.17) is 5.73 Å². The lowest BCUT2D eigenvalue weighted by Crippen LogP contribution is -2.09. The molecule has 1 aliphatic rings. The highest BCUT2D eigenvalue weighted by Gasteiger charge is 2.30. The minimum absolute atomic E-state index is 0.560. The molecule has 1 aromatic rings. The van der Waals surface area contributed by atoms with E-state index in [0.717, 1.165) is 19.4 Å². The van der Waals surface area contributed by atoms with Gasteiger partial charge in [-0.2, -0.15) is 5.10 Å². The van der Waals surface area contributed by atoms with Crippen LogP contribution in [0.4, 0.5) is 0 Å². The Hall–Kier alpha value is -0.830. The molecule has 1 atom stereocenters. The van der Waals surface area contributed by atoms with Gasteiger partial charge in [0.1, 0.15) is 0 Å². The van der Waals surface area contributed by atoms with E-state index in [9.17, 15) is 0 Å². The second-order valence-corrected chi connectivity index (χ2v) is 4.84. The van der Waals surface area contributed by atoms with Crippen LogP contribution in [0.15, 0.2) is 0 Å². The molecule has 15 heavy (non-hydrogen) atoms. The van der Waals surface area contributed by atoms with Crippen molar-refractivity contribution in [3.05, 3.63) is 17.0 Å². The Balaban J connectivity index is 2.40. The summed E-state index contributed by atoms with van der Waals surface area (Å²) in [6, 6.07) is 0. The number of nitrogens with zero attached hydrogens (tertiary/aromatic N) is 2. The molecule has 0 fully saturated rings. The summed E-state index contributed by atoms with van der Waals surface area (Å²) in [5.41, 5.74) is 9.92. The third kappa shape index (κ3) is 1.69. The molecule has 0 bridgehead atoms. The molecule has 2 rings (SSSR count). The minimum Gasteiger partial charge on any atom is -0.330 e. The number of aryl methyl sites for hydroxylation is 2. The molecular formula is C12H21N3. The van der Waals surface area contributed by atoms with Crippen molar-refractivity contribution in [2.75, 3.05) is 6.54 Å². The molecule has 0 spiro atoms. The molecule has 1 aromatic heterocycles. The van der Waals surface area contributed by atoms with E-state index >= 15 is 0 Å². The molecule has 1 unspecified atom stereocenters. The molecule has 0 amide bonds. The number of aromatic nitrogens is 2. The van der Waals surface area contributed by atoms with Crippen LogP contribution in [0, 0.1) is 0 Å². The zero-order valence-electron chi connectivity index (χ0n) is 9.95. The van der Waals surface area contributed by atoms with E-state index in [2.05, 4.69) is 30.7 Å². The van der Waals surface area contributed by atoms with Gasteiger partial charge >= 0.3 is 0 Å². The zero-order valence-corrected chi connectivity index (χ0v) is 9.95. The Morgan fingerprint density at radius 2 is 2.27 bits per heavy atom. The highest BCUT2D eigenvalue weighted by molar-refractivity contribution is 5.36. The smallest absolute Gasteiger partial charge is 0.0662 e. The normalized spacial score (nSPS) is 19.9. The van der Waals surface area contributed by atoms with Crippen LogP contribution < -0.4 is 5.73 Å². The first-order valence-corrected chi connectivity index (χ1v) is 5.90. The standard InChI is InChI=1S/C12H21N3/c1-8(2)12-11-9(6-7-13)4-5-10(11)14-15(12)3/h8-9H,4-7,13H2,1-3H3. The molecule has 0 saturated heterocycles. The molecule has 3 nitrogen and oxygen atoms in total. The van der Waals surface area contributed by atoms with Crippen LogP contribution in [0.3, 0.4) is 0 Å². The van der Waals surface area contributed by atoms with E-state index in [1.807, 2.05) is 0 Å². The van der Waals surface area contributed by atoms with Crippen molar-refractivity contribution >= 4 is 0 Å². The van der Waals surface area contributed by atoms with Gasteiger partial charge in [0.15, 0.2) is 0 Å². The zero-order chi connectivity index (χ0) is 11.0. The Kier molecular flexibility index (Phi) is 2.83. The number of nitrogens with two attached hydrogens (primary N) is 1. The van der Waals surface area contributed by atoms with Gasteiger partial charge in [-0.1, -0.05) is 13.8 Å². The van der Waals surface area contributed by atoms with E-state index in [1.165, 1.54) is 23.4 Å². The molecule has 1 aliphatic carbocycles. The molecule has 3 heteroatoms. The summed E-state index contributed by atoms with van der Waals surface area (Å²) in [6.07, 6.45) is 3.49.